The lowest BCUT2D eigenvalue weighted by atomic mass is 10.2. The highest BCUT2D eigenvalue weighted by Crippen LogP contribution is 2.31. The van der Waals surface area contributed by atoms with Crippen LogP contribution in [-0.4, -0.2) is 56.6 Å². The molecule has 1 saturated heterocycles. The van der Waals surface area contributed by atoms with Gasteiger partial charge in [0.2, 0.25) is 0 Å². The summed E-state index contributed by atoms with van der Waals surface area (Å²) in [6, 6.07) is 3.53. The van der Waals surface area contributed by atoms with Crippen LogP contribution in [-0.2, 0) is 9.47 Å². The van der Waals surface area contributed by atoms with Crippen LogP contribution in [0.5, 0.6) is 5.75 Å². The summed E-state index contributed by atoms with van der Waals surface area (Å²) in [5.74, 6) is 0.676. The van der Waals surface area contributed by atoms with Gasteiger partial charge >= 0.3 is 0 Å². The van der Waals surface area contributed by atoms with Gasteiger partial charge in [-0.05, 0) is 38.5 Å². The van der Waals surface area contributed by atoms with Crippen LogP contribution >= 0.6 is 23.2 Å². The Balaban J connectivity index is 1.63. The molecule has 2 atom stereocenters. The minimum Gasteiger partial charge on any atom is -0.489 e. The fourth-order valence-corrected chi connectivity index (χ4v) is 3.49. The van der Waals surface area contributed by atoms with E-state index in [0.29, 0.717) is 35.6 Å². The highest BCUT2D eigenvalue weighted by atomic mass is 35.5. The monoisotopic (exact) mass is 361 g/mol. The highest BCUT2D eigenvalue weighted by molar-refractivity contribution is 6.35. The Hall–Kier alpha value is -0.520. The van der Waals surface area contributed by atoms with Crippen molar-refractivity contribution < 1.29 is 14.2 Å². The van der Waals surface area contributed by atoms with Crippen molar-refractivity contribution in [3.63, 3.8) is 0 Å². The Morgan fingerprint density at radius 1 is 1.13 bits per heavy atom. The summed E-state index contributed by atoms with van der Waals surface area (Å²) in [6.45, 7) is 10.7. The van der Waals surface area contributed by atoms with E-state index in [0.717, 1.165) is 25.2 Å². The van der Waals surface area contributed by atoms with Gasteiger partial charge in [-0.15, -0.1) is 0 Å². The maximum atomic E-state index is 6.13. The molecule has 6 heteroatoms. The predicted molar refractivity (Wildman–Crippen MR) is 94.0 cm³/mol. The van der Waals surface area contributed by atoms with E-state index in [1.165, 1.54) is 0 Å². The Labute approximate surface area is 148 Å². The van der Waals surface area contributed by atoms with Crippen LogP contribution in [0.1, 0.15) is 19.4 Å². The Kier molecular flexibility index (Phi) is 7.44. The molecule has 0 unspecified atom stereocenters. The normalized spacial score (nSPS) is 22.3. The van der Waals surface area contributed by atoms with Crippen LogP contribution in [0.15, 0.2) is 12.1 Å². The molecular formula is C17H25Cl2NO3. The van der Waals surface area contributed by atoms with Crippen molar-refractivity contribution in [2.45, 2.75) is 33.0 Å². The molecule has 4 nitrogen and oxygen atoms in total. The second-order valence-corrected chi connectivity index (χ2v) is 6.85. The summed E-state index contributed by atoms with van der Waals surface area (Å²) in [4.78, 5) is 2.37. The molecule has 1 heterocycles. The standard InChI is InChI=1S/C17H25Cl2NO3/c1-12-8-15(18)9-16(19)17(12)22-7-6-21-5-4-20-10-13(2)23-14(3)11-20/h8-9,13-14H,4-7,10-11H2,1-3H3/t13-,14-/m0/s1. The van der Waals surface area contributed by atoms with E-state index in [1.807, 2.05) is 13.0 Å². The summed E-state index contributed by atoms with van der Waals surface area (Å²) < 4.78 is 17.1. The maximum absolute atomic E-state index is 6.13. The second kappa shape index (κ2) is 9.09. The van der Waals surface area contributed by atoms with Gasteiger partial charge in [-0.3, -0.25) is 4.90 Å². The summed E-state index contributed by atoms with van der Waals surface area (Å²) in [6.07, 6.45) is 0.578. The van der Waals surface area contributed by atoms with Gasteiger partial charge in [-0.2, -0.15) is 0 Å². The molecule has 0 amide bonds. The Morgan fingerprint density at radius 2 is 1.83 bits per heavy atom. The molecule has 0 N–H and O–H groups in total. The van der Waals surface area contributed by atoms with Gasteiger partial charge in [0.1, 0.15) is 12.4 Å². The summed E-state index contributed by atoms with van der Waals surface area (Å²) >= 11 is 12.1. The smallest absolute Gasteiger partial charge is 0.141 e. The molecule has 0 bridgehead atoms. The van der Waals surface area contributed by atoms with Crippen molar-refractivity contribution in [2.75, 3.05) is 39.5 Å². The fourth-order valence-electron chi connectivity index (χ4n) is 2.84. The lowest BCUT2D eigenvalue weighted by Gasteiger charge is -2.35. The van der Waals surface area contributed by atoms with E-state index in [9.17, 15) is 0 Å². The first-order valence-corrected chi connectivity index (χ1v) is 8.75. The summed E-state index contributed by atoms with van der Waals surface area (Å²) in [7, 11) is 0. The molecule has 0 saturated carbocycles. The molecule has 0 spiro atoms. The number of benzene rings is 1. The molecular weight excluding hydrogens is 337 g/mol. The number of nitrogens with zero attached hydrogens (tertiary/aromatic N) is 1. The highest BCUT2D eigenvalue weighted by Gasteiger charge is 2.21. The fraction of sp³-hybridized carbons (Fsp3) is 0.647. The average Bonchev–Trinajstić information content (AvgIpc) is 2.43. The molecule has 1 aromatic carbocycles. The van der Waals surface area contributed by atoms with Crippen LogP contribution in [0.4, 0.5) is 0 Å². The van der Waals surface area contributed by atoms with Crippen LogP contribution < -0.4 is 4.74 Å². The zero-order chi connectivity index (χ0) is 16.8. The lowest BCUT2D eigenvalue weighted by molar-refractivity contribution is -0.0734. The number of ether oxygens (including phenoxy) is 3. The summed E-state index contributed by atoms with van der Waals surface area (Å²) in [5, 5.41) is 1.15. The quantitative estimate of drug-likeness (QED) is 0.691. The first-order valence-electron chi connectivity index (χ1n) is 7.99. The van der Waals surface area contributed by atoms with E-state index in [4.69, 9.17) is 37.4 Å². The third-order valence-electron chi connectivity index (χ3n) is 3.72. The van der Waals surface area contributed by atoms with Gasteiger partial charge in [0.15, 0.2) is 0 Å². The predicted octanol–water partition coefficient (Wildman–Crippen LogP) is 3.81. The summed E-state index contributed by atoms with van der Waals surface area (Å²) in [5.41, 5.74) is 0.929. The van der Waals surface area contributed by atoms with Crippen LogP contribution in [0.2, 0.25) is 10.0 Å². The molecule has 0 aromatic heterocycles. The molecule has 23 heavy (non-hydrogen) atoms. The molecule has 1 aromatic rings. The number of aryl methyl sites for hydroxylation is 1. The molecule has 2 rings (SSSR count). The minimum atomic E-state index is 0.289. The molecule has 1 aliphatic rings. The van der Waals surface area contributed by atoms with Gasteiger partial charge in [0.25, 0.3) is 0 Å². The van der Waals surface area contributed by atoms with Crippen molar-refractivity contribution >= 4 is 23.2 Å². The molecule has 0 radical (unpaired) electrons. The zero-order valence-electron chi connectivity index (χ0n) is 14.0. The zero-order valence-corrected chi connectivity index (χ0v) is 15.5. The first kappa shape index (κ1) is 18.8. The van der Waals surface area contributed by atoms with Crippen molar-refractivity contribution in [2.24, 2.45) is 0 Å². The van der Waals surface area contributed by atoms with Gasteiger partial charge in [-0.25, -0.2) is 0 Å². The van der Waals surface area contributed by atoms with E-state index in [2.05, 4.69) is 18.7 Å². The number of rotatable bonds is 7. The van der Waals surface area contributed by atoms with Crippen LogP contribution in [0.3, 0.4) is 0 Å². The molecule has 0 aliphatic carbocycles. The van der Waals surface area contributed by atoms with Crippen molar-refractivity contribution in [1.29, 1.82) is 0 Å². The second-order valence-electron chi connectivity index (χ2n) is 6.01. The number of hydrogen-bond acceptors (Lipinski definition) is 4. The van der Waals surface area contributed by atoms with Gasteiger partial charge in [0.05, 0.1) is 30.4 Å². The van der Waals surface area contributed by atoms with Gasteiger partial charge in [-0.1, -0.05) is 23.2 Å². The molecule has 1 fully saturated rings. The van der Waals surface area contributed by atoms with Crippen molar-refractivity contribution in [3.8, 4) is 5.75 Å². The van der Waals surface area contributed by atoms with Crippen molar-refractivity contribution in [3.05, 3.63) is 27.7 Å². The largest absolute Gasteiger partial charge is 0.489 e. The molecule has 1 aliphatic heterocycles. The average molecular weight is 362 g/mol. The lowest BCUT2D eigenvalue weighted by Crippen LogP contribution is -2.46. The van der Waals surface area contributed by atoms with Gasteiger partial charge in [0, 0.05) is 24.7 Å². The van der Waals surface area contributed by atoms with Gasteiger partial charge < -0.3 is 14.2 Å². The minimum absolute atomic E-state index is 0.289. The maximum Gasteiger partial charge on any atom is 0.141 e. The first-order chi connectivity index (χ1) is 11.0. The Bertz CT molecular complexity index is 480. The van der Waals surface area contributed by atoms with E-state index in [1.54, 1.807) is 6.07 Å². The SMILES string of the molecule is Cc1cc(Cl)cc(Cl)c1OCCOCCN1C[C@H](C)O[C@@H](C)C1. The van der Waals surface area contributed by atoms with E-state index in [-0.39, 0.29) is 12.2 Å². The Morgan fingerprint density at radius 3 is 2.48 bits per heavy atom. The van der Waals surface area contributed by atoms with E-state index >= 15 is 0 Å². The van der Waals surface area contributed by atoms with Crippen LogP contribution in [0.25, 0.3) is 0 Å². The van der Waals surface area contributed by atoms with Crippen LogP contribution in [0, 0.1) is 6.92 Å². The number of hydrogen-bond donors (Lipinski definition) is 0. The number of morpholine rings is 1. The van der Waals surface area contributed by atoms with Crippen molar-refractivity contribution in [1.82, 2.24) is 4.90 Å². The van der Waals surface area contributed by atoms with E-state index < -0.39 is 0 Å². The number of halogens is 2. The third-order valence-corrected chi connectivity index (χ3v) is 4.21. The topological polar surface area (TPSA) is 30.9 Å². The third kappa shape index (κ3) is 6.12. The molecule has 130 valence electrons.